The smallest absolute Gasteiger partial charge is 0.337 e. The van der Waals surface area contributed by atoms with Gasteiger partial charge in [-0.25, -0.2) is 9.18 Å². The van der Waals surface area contributed by atoms with E-state index in [4.69, 9.17) is 0 Å². The van der Waals surface area contributed by atoms with Crippen molar-refractivity contribution in [2.24, 2.45) is 0 Å². The van der Waals surface area contributed by atoms with Crippen LogP contribution in [0.1, 0.15) is 15.9 Å². The number of carbonyl (C=O) groups is 1. The molecule has 3 nitrogen and oxygen atoms in total. The molecule has 2 rings (SSSR count). The van der Waals surface area contributed by atoms with Gasteiger partial charge in [-0.1, -0.05) is 12.1 Å². The predicted molar refractivity (Wildman–Crippen MR) is 53.4 cm³/mol. The monoisotopic (exact) mass is 209 g/mol. The fourth-order valence-corrected chi connectivity index (χ4v) is 1.59. The van der Waals surface area contributed by atoms with Gasteiger partial charge in [0.2, 0.25) is 0 Å². The minimum Gasteiger partial charge on any atom is -0.465 e. The zero-order valence-corrected chi connectivity index (χ0v) is 8.42. The largest absolute Gasteiger partial charge is 0.465 e. The number of carbonyl (C=O) groups excluding carboxylic acids is 1. The number of hydrogen-bond acceptors (Lipinski definition) is 3. The first-order valence-corrected chi connectivity index (χ1v) is 4.74. The summed E-state index contributed by atoms with van der Waals surface area (Å²) < 4.78 is 18.5. The van der Waals surface area contributed by atoms with Gasteiger partial charge >= 0.3 is 5.97 Å². The highest BCUT2D eigenvalue weighted by Crippen LogP contribution is 2.30. The third kappa shape index (κ3) is 1.72. The molecular formula is C11H12FNO2. The minimum absolute atomic E-state index is 0.303. The van der Waals surface area contributed by atoms with Gasteiger partial charge in [0.05, 0.1) is 12.7 Å². The summed E-state index contributed by atoms with van der Waals surface area (Å²) in [5, 5.41) is 2.87. The molecule has 0 unspecified atom stereocenters. The van der Waals surface area contributed by atoms with E-state index < -0.39 is 11.6 Å². The van der Waals surface area contributed by atoms with Gasteiger partial charge in [0.25, 0.3) is 0 Å². The van der Waals surface area contributed by atoms with E-state index in [9.17, 15) is 9.18 Å². The van der Waals surface area contributed by atoms with E-state index >= 15 is 0 Å². The Labute approximate surface area is 87.2 Å². The van der Waals surface area contributed by atoms with Gasteiger partial charge in [-0.3, -0.25) is 0 Å². The number of rotatable bonds is 2. The maximum atomic E-state index is 14.0. The van der Waals surface area contributed by atoms with Gasteiger partial charge in [-0.15, -0.1) is 0 Å². The highest BCUT2D eigenvalue weighted by molar-refractivity contribution is 5.89. The third-order valence-electron chi connectivity index (χ3n) is 2.61. The summed E-state index contributed by atoms with van der Waals surface area (Å²) in [6.45, 7) is 0.606. The summed E-state index contributed by atoms with van der Waals surface area (Å²) in [5.74, 6) is -0.437. The number of benzene rings is 1. The molecule has 1 aromatic rings. The van der Waals surface area contributed by atoms with Crippen LogP contribution in [0, 0.1) is 0 Å². The molecule has 1 aliphatic heterocycles. The standard InChI is InChI=1S/C11H12FNO2/c1-15-10(14)8-3-2-4-9(5-8)11(12)6-13-7-11/h2-5,13H,6-7H2,1H3. The molecule has 80 valence electrons. The molecule has 1 fully saturated rings. The second kappa shape index (κ2) is 3.62. The zero-order chi connectivity index (χ0) is 10.9. The van der Waals surface area contributed by atoms with Gasteiger partial charge in [0.1, 0.15) is 0 Å². The highest BCUT2D eigenvalue weighted by Gasteiger charge is 2.38. The van der Waals surface area contributed by atoms with Crippen LogP contribution in [-0.4, -0.2) is 26.2 Å². The lowest BCUT2D eigenvalue weighted by molar-refractivity contribution is 0.0599. The van der Waals surface area contributed by atoms with Crippen molar-refractivity contribution in [2.75, 3.05) is 20.2 Å². The second-order valence-electron chi connectivity index (χ2n) is 3.64. The zero-order valence-electron chi connectivity index (χ0n) is 8.42. The van der Waals surface area contributed by atoms with Crippen molar-refractivity contribution in [3.8, 4) is 0 Å². The minimum atomic E-state index is -1.33. The number of nitrogens with one attached hydrogen (secondary N) is 1. The predicted octanol–water partition coefficient (Wildman–Crippen LogP) is 1.24. The van der Waals surface area contributed by atoms with Crippen LogP contribution in [-0.2, 0) is 10.4 Å². The van der Waals surface area contributed by atoms with Crippen molar-refractivity contribution in [3.63, 3.8) is 0 Å². The van der Waals surface area contributed by atoms with E-state index in [0.717, 1.165) is 0 Å². The molecule has 0 spiro atoms. The molecule has 1 aromatic carbocycles. The van der Waals surface area contributed by atoms with E-state index in [0.29, 0.717) is 24.2 Å². The van der Waals surface area contributed by atoms with E-state index in [1.165, 1.54) is 7.11 Å². The fourth-order valence-electron chi connectivity index (χ4n) is 1.59. The maximum Gasteiger partial charge on any atom is 0.337 e. The molecule has 15 heavy (non-hydrogen) atoms. The first-order chi connectivity index (χ1) is 7.15. The van der Waals surface area contributed by atoms with Crippen molar-refractivity contribution in [3.05, 3.63) is 35.4 Å². The average molecular weight is 209 g/mol. The van der Waals surface area contributed by atoms with Crippen LogP contribution < -0.4 is 5.32 Å². The summed E-state index contributed by atoms with van der Waals surface area (Å²) in [6, 6.07) is 6.52. The Kier molecular flexibility index (Phi) is 2.44. The molecule has 1 heterocycles. The Morgan fingerprint density at radius 2 is 2.27 bits per heavy atom. The average Bonchev–Trinajstić information content (AvgIpc) is 2.25. The normalized spacial score (nSPS) is 18.0. The molecule has 1 N–H and O–H groups in total. The van der Waals surface area contributed by atoms with Gasteiger partial charge < -0.3 is 10.1 Å². The van der Waals surface area contributed by atoms with E-state index in [1.807, 2.05) is 0 Å². The van der Waals surface area contributed by atoms with E-state index in [1.54, 1.807) is 24.3 Å². The summed E-state index contributed by atoms with van der Waals surface area (Å²) in [4.78, 5) is 11.2. The van der Waals surface area contributed by atoms with Gasteiger partial charge in [-0.2, -0.15) is 0 Å². The summed E-state index contributed by atoms with van der Waals surface area (Å²) in [5.41, 5.74) is -0.410. The lowest BCUT2D eigenvalue weighted by atomic mass is 9.89. The Balaban J connectivity index is 2.30. The van der Waals surface area contributed by atoms with Crippen molar-refractivity contribution in [1.82, 2.24) is 5.32 Å². The van der Waals surface area contributed by atoms with E-state index in [-0.39, 0.29) is 0 Å². The van der Waals surface area contributed by atoms with Gasteiger partial charge in [0.15, 0.2) is 5.67 Å². The first kappa shape index (κ1) is 10.1. The Morgan fingerprint density at radius 1 is 1.53 bits per heavy atom. The number of esters is 1. The molecule has 0 aromatic heterocycles. The van der Waals surface area contributed by atoms with Crippen LogP contribution in [0.5, 0.6) is 0 Å². The molecular weight excluding hydrogens is 197 g/mol. The molecule has 0 radical (unpaired) electrons. The SMILES string of the molecule is COC(=O)c1cccc(C2(F)CNC2)c1. The molecule has 0 saturated carbocycles. The third-order valence-corrected chi connectivity index (χ3v) is 2.61. The van der Waals surface area contributed by atoms with Crippen LogP contribution >= 0.6 is 0 Å². The van der Waals surface area contributed by atoms with Crippen molar-refractivity contribution in [2.45, 2.75) is 5.67 Å². The van der Waals surface area contributed by atoms with Crippen LogP contribution in [0.4, 0.5) is 4.39 Å². The molecule has 4 heteroatoms. The van der Waals surface area contributed by atoms with Crippen molar-refractivity contribution >= 4 is 5.97 Å². The highest BCUT2D eigenvalue weighted by atomic mass is 19.1. The molecule has 0 aliphatic carbocycles. The molecule has 1 aliphatic rings. The Bertz CT molecular complexity index is 388. The lowest BCUT2D eigenvalue weighted by Crippen LogP contribution is -2.53. The number of halogens is 1. The molecule has 0 amide bonds. The molecule has 1 saturated heterocycles. The Hall–Kier alpha value is -1.42. The second-order valence-corrected chi connectivity index (χ2v) is 3.64. The maximum absolute atomic E-state index is 14.0. The quantitative estimate of drug-likeness (QED) is 0.745. The van der Waals surface area contributed by atoms with Crippen LogP contribution in [0.25, 0.3) is 0 Å². The number of alkyl halides is 1. The Morgan fingerprint density at radius 3 is 2.80 bits per heavy atom. The van der Waals surface area contributed by atoms with E-state index in [2.05, 4.69) is 10.1 Å². The van der Waals surface area contributed by atoms with Gasteiger partial charge in [0, 0.05) is 13.1 Å². The van der Waals surface area contributed by atoms with Crippen LogP contribution in [0.3, 0.4) is 0 Å². The van der Waals surface area contributed by atoms with Crippen molar-refractivity contribution < 1.29 is 13.9 Å². The number of hydrogen-bond donors (Lipinski definition) is 1. The van der Waals surface area contributed by atoms with Crippen molar-refractivity contribution in [1.29, 1.82) is 0 Å². The van der Waals surface area contributed by atoms with Crippen LogP contribution in [0.2, 0.25) is 0 Å². The summed E-state index contributed by atoms with van der Waals surface area (Å²) in [7, 11) is 1.31. The fraction of sp³-hybridized carbons (Fsp3) is 0.364. The van der Waals surface area contributed by atoms with Gasteiger partial charge in [-0.05, 0) is 17.7 Å². The molecule has 0 bridgehead atoms. The topological polar surface area (TPSA) is 38.3 Å². The number of ether oxygens (including phenoxy) is 1. The lowest BCUT2D eigenvalue weighted by Gasteiger charge is -2.35. The van der Waals surface area contributed by atoms with Crippen LogP contribution in [0.15, 0.2) is 24.3 Å². The molecule has 0 atom stereocenters. The summed E-state index contributed by atoms with van der Waals surface area (Å²) in [6.07, 6.45) is 0. The first-order valence-electron chi connectivity index (χ1n) is 4.74. The number of methoxy groups -OCH3 is 1. The summed E-state index contributed by atoms with van der Waals surface area (Å²) >= 11 is 0.